The van der Waals surface area contributed by atoms with Crippen molar-refractivity contribution < 1.29 is 32.2 Å². The lowest BCUT2D eigenvalue weighted by molar-refractivity contribution is -0.139. The number of benzene rings is 3. The van der Waals surface area contributed by atoms with Gasteiger partial charge in [0.05, 0.1) is 42.0 Å². The molecule has 0 aliphatic heterocycles. The van der Waals surface area contributed by atoms with Gasteiger partial charge in [-0.3, -0.25) is 13.9 Å². The van der Waals surface area contributed by atoms with Gasteiger partial charge in [0, 0.05) is 23.7 Å². The standard InChI is InChI=1S/C31H36Cl3N3O7S/c1-7-19(2)35-31(39)20(3)36(17-21-8-11-24(33)25(34)14-21)30(38)18-37(26-15-22(32)9-12-27(26)42-4)45(40,41)23-10-13-28(43-5)29(16-23)44-6/h8-16,19-20H,7,17-18H2,1-6H3,(H,35,39)/t19-,20-/m1/s1. The molecule has 2 amide bonds. The molecule has 0 bridgehead atoms. The number of halogens is 3. The summed E-state index contributed by atoms with van der Waals surface area (Å²) in [7, 11) is -0.300. The van der Waals surface area contributed by atoms with Crippen LogP contribution in [0.3, 0.4) is 0 Å². The summed E-state index contributed by atoms with van der Waals surface area (Å²) in [5.74, 6) is -0.464. The third-order valence-electron chi connectivity index (χ3n) is 7.14. The quantitative estimate of drug-likeness (QED) is 0.213. The maximum atomic E-state index is 14.3. The van der Waals surface area contributed by atoms with E-state index in [0.717, 1.165) is 4.31 Å². The Labute approximate surface area is 279 Å². The highest BCUT2D eigenvalue weighted by atomic mass is 35.5. The zero-order chi connectivity index (χ0) is 33.5. The number of hydrogen-bond acceptors (Lipinski definition) is 7. The van der Waals surface area contributed by atoms with Crippen molar-refractivity contribution in [1.29, 1.82) is 0 Å². The molecule has 0 saturated heterocycles. The molecular weight excluding hydrogens is 665 g/mol. The van der Waals surface area contributed by atoms with E-state index in [1.165, 1.54) is 62.6 Å². The first-order valence-electron chi connectivity index (χ1n) is 13.9. The van der Waals surface area contributed by atoms with E-state index in [0.29, 0.717) is 22.8 Å². The summed E-state index contributed by atoms with van der Waals surface area (Å²) in [4.78, 5) is 28.6. The van der Waals surface area contributed by atoms with Gasteiger partial charge in [0.2, 0.25) is 11.8 Å². The van der Waals surface area contributed by atoms with Crippen molar-refractivity contribution >= 4 is 62.3 Å². The van der Waals surface area contributed by atoms with Gasteiger partial charge in [-0.1, -0.05) is 47.8 Å². The number of nitrogens with one attached hydrogen (secondary N) is 1. The number of carbonyl (C=O) groups excluding carboxylic acids is 2. The number of rotatable bonds is 14. The molecule has 3 rings (SSSR count). The topological polar surface area (TPSA) is 114 Å². The Kier molecular flexibility index (Phi) is 12.6. The average molecular weight is 701 g/mol. The molecule has 2 atom stereocenters. The summed E-state index contributed by atoms with van der Waals surface area (Å²) in [5, 5.41) is 3.68. The SMILES string of the molecule is CC[C@@H](C)NC(=O)[C@@H](C)N(Cc1ccc(Cl)c(Cl)c1)C(=O)CN(c1cc(Cl)ccc1OC)S(=O)(=O)c1ccc(OC)c(OC)c1. The van der Waals surface area contributed by atoms with Gasteiger partial charge in [0.1, 0.15) is 18.3 Å². The predicted molar refractivity (Wildman–Crippen MR) is 176 cm³/mol. The second-order valence-corrected chi connectivity index (χ2v) is 13.2. The highest BCUT2D eigenvalue weighted by Gasteiger charge is 2.34. The van der Waals surface area contributed by atoms with Crippen LogP contribution in [-0.2, 0) is 26.2 Å². The van der Waals surface area contributed by atoms with Gasteiger partial charge < -0.3 is 24.4 Å². The van der Waals surface area contributed by atoms with Gasteiger partial charge >= 0.3 is 0 Å². The van der Waals surface area contributed by atoms with E-state index in [-0.39, 0.29) is 44.7 Å². The smallest absolute Gasteiger partial charge is 0.265 e. The third-order valence-corrected chi connectivity index (χ3v) is 9.87. The molecule has 0 aliphatic carbocycles. The number of anilines is 1. The van der Waals surface area contributed by atoms with E-state index in [9.17, 15) is 18.0 Å². The van der Waals surface area contributed by atoms with Crippen LogP contribution in [0, 0.1) is 0 Å². The van der Waals surface area contributed by atoms with Crippen LogP contribution in [0.1, 0.15) is 32.8 Å². The number of nitrogens with zero attached hydrogens (tertiary/aromatic N) is 2. The van der Waals surface area contributed by atoms with Crippen molar-refractivity contribution in [1.82, 2.24) is 10.2 Å². The first kappa shape index (κ1) is 36.1. The van der Waals surface area contributed by atoms with Gasteiger partial charge in [0.15, 0.2) is 11.5 Å². The molecule has 0 heterocycles. The number of carbonyl (C=O) groups is 2. The summed E-state index contributed by atoms with van der Waals surface area (Å²) in [6.45, 7) is 4.56. The van der Waals surface area contributed by atoms with Crippen molar-refractivity contribution in [2.45, 2.75) is 50.7 Å². The van der Waals surface area contributed by atoms with E-state index in [1.54, 1.807) is 25.1 Å². The maximum absolute atomic E-state index is 14.3. The Balaban J connectivity index is 2.16. The normalized spacial score (nSPS) is 12.6. The molecule has 3 aromatic carbocycles. The molecule has 10 nitrogen and oxygen atoms in total. The lowest BCUT2D eigenvalue weighted by Gasteiger charge is -2.33. The highest BCUT2D eigenvalue weighted by Crippen LogP contribution is 2.37. The van der Waals surface area contributed by atoms with Gasteiger partial charge in [-0.15, -0.1) is 0 Å². The van der Waals surface area contributed by atoms with Crippen molar-refractivity contribution in [2.75, 3.05) is 32.2 Å². The lowest BCUT2D eigenvalue weighted by Crippen LogP contribution is -2.52. The van der Waals surface area contributed by atoms with Crippen LogP contribution in [0.25, 0.3) is 0 Å². The zero-order valence-corrected chi connectivity index (χ0v) is 28.9. The number of ether oxygens (including phenoxy) is 3. The molecule has 0 aromatic heterocycles. The van der Waals surface area contributed by atoms with Crippen LogP contribution in [-0.4, -0.2) is 65.1 Å². The van der Waals surface area contributed by atoms with E-state index in [1.807, 2.05) is 13.8 Å². The Morgan fingerprint density at radius 1 is 0.844 bits per heavy atom. The molecule has 0 saturated carbocycles. The summed E-state index contributed by atoms with van der Waals surface area (Å²) in [6.07, 6.45) is 0.672. The van der Waals surface area contributed by atoms with Gasteiger partial charge in [-0.05, 0) is 68.3 Å². The van der Waals surface area contributed by atoms with Crippen molar-refractivity contribution in [3.8, 4) is 17.2 Å². The second-order valence-electron chi connectivity index (χ2n) is 10.1. The molecule has 0 spiro atoms. The molecular formula is C31H36Cl3N3O7S. The Hall–Kier alpha value is -3.38. The van der Waals surface area contributed by atoms with E-state index < -0.39 is 34.4 Å². The van der Waals surface area contributed by atoms with Crippen molar-refractivity contribution in [2.24, 2.45) is 0 Å². The first-order chi connectivity index (χ1) is 21.3. The molecule has 0 aliphatic rings. The monoisotopic (exact) mass is 699 g/mol. The Bertz CT molecular complexity index is 1640. The van der Waals surface area contributed by atoms with Gasteiger partial charge in [-0.2, -0.15) is 0 Å². The number of sulfonamides is 1. The molecule has 0 unspecified atom stereocenters. The minimum Gasteiger partial charge on any atom is -0.495 e. The van der Waals surface area contributed by atoms with Crippen LogP contribution in [0.5, 0.6) is 17.2 Å². The van der Waals surface area contributed by atoms with Crippen LogP contribution in [0.15, 0.2) is 59.5 Å². The summed E-state index contributed by atoms with van der Waals surface area (Å²) in [6, 6.07) is 12.2. The van der Waals surface area contributed by atoms with Gasteiger partial charge in [0.25, 0.3) is 10.0 Å². The predicted octanol–water partition coefficient (Wildman–Crippen LogP) is 6.20. The highest BCUT2D eigenvalue weighted by molar-refractivity contribution is 7.92. The molecule has 0 fully saturated rings. The van der Waals surface area contributed by atoms with E-state index in [4.69, 9.17) is 49.0 Å². The van der Waals surface area contributed by atoms with Crippen LogP contribution in [0.4, 0.5) is 5.69 Å². The van der Waals surface area contributed by atoms with Crippen LogP contribution in [0.2, 0.25) is 15.1 Å². The van der Waals surface area contributed by atoms with Crippen LogP contribution >= 0.6 is 34.8 Å². The first-order valence-corrected chi connectivity index (χ1v) is 16.5. The fourth-order valence-electron chi connectivity index (χ4n) is 4.36. The van der Waals surface area contributed by atoms with Crippen LogP contribution < -0.4 is 23.8 Å². The fourth-order valence-corrected chi connectivity index (χ4v) is 6.28. The zero-order valence-electron chi connectivity index (χ0n) is 25.8. The summed E-state index contributed by atoms with van der Waals surface area (Å²) < 4.78 is 45.6. The number of methoxy groups -OCH3 is 3. The molecule has 244 valence electrons. The number of amides is 2. The lowest BCUT2D eigenvalue weighted by atomic mass is 10.1. The molecule has 3 aromatic rings. The minimum atomic E-state index is -4.47. The van der Waals surface area contributed by atoms with Crippen molar-refractivity contribution in [3.05, 3.63) is 75.2 Å². The van der Waals surface area contributed by atoms with E-state index >= 15 is 0 Å². The largest absolute Gasteiger partial charge is 0.495 e. The summed E-state index contributed by atoms with van der Waals surface area (Å²) in [5.41, 5.74) is 0.593. The Morgan fingerprint density at radius 3 is 2.09 bits per heavy atom. The minimum absolute atomic E-state index is 0.0133. The molecule has 14 heteroatoms. The fraction of sp³-hybridized carbons (Fsp3) is 0.355. The molecule has 1 N–H and O–H groups in total. The van der Waals surface area contributed by atoms with Gasteiger partial charge in [-0.25, -0.2) is 8.42 Å². The van der Waals surface area contributed by atoms with E-state index in [2.05, 4.69) is 5.32 Å². The maximum Gasteiger partial charge on any atom is 0.265 e. The third kappa shape index (κ3) is 8.66. The van der Waals surface area contributed by atoms with Crippen molar-refractivity contribution in [3.63, 3.8) is 0 Å². The number of hydrogen-bond donors (Lipinski definition) is 1. The second kappa shape index (κ2) is 15.8. The summed E-state index contributed by atoms with van der Waals surface area (Å²) >= 11 is 18.7. The average Bonchev–Trinajstić information content (AvgIpc) is 3.02. The molecule has 0 radical (unpaired) electrons. The molecule has 45 heavy (non-hydrogen) atoms. The Morgan fingerprint density at radius 2 is 1.49 bits per heavy atom.